The van der Waals surface area contributed by atoms with Crippen LogP contribution in [0.5, 0.6) is 5.75 Å². The van der Waals surface area contributed by atoms with Gasteiger partial charge in [-0.25, -0.2) is 0 Å². The summed E-state index contributed by atoms with van der Waals surface area (Å²) in [5.74, 6) is 0.972. The minimum Gasteiger partial charge on any atom is -0.491 e. The number of halogens is 4. The number of hydrogen-bond acceptors (Lipinski definition) is 1. The second kappa shape index (κ2) is 5.30. The van der Waals surface area contributed by atoms with E-state index in [-0.39, 0.29) is 0 Å². The Hall–Kier alpha value is 0.370. The Labute approximate surface area is 100 Å². The molecule has 0 saturated carbocycles. The average molecular weight is 304 g/mol. The fourth-order valence-corrected chi connectivity index (χ4v) is 1.69. The van der Waals surface area contributed by atoms with E-state index >= 15 is 0 Å². The molecule has 0 aliphatic carbocycles. The third kappa shape index (κ3) is 3.21. The second-order valence-electron chi connectivity index (χ2n) is 2.23. The van der Waals surface area contributed by atoms with Gasteiger partial charge in [-0.15, -0.1) is 11.6 Å². The summed E-state index contributed by atoms with van der Waals surface area (Å²) < 4.78 is 6.00. The first-order chi connectivity index (χ1) is 6.15. The molecule has 0 aliphatic heterocycles. The molecule has 72 valence electrons. The van der Waals surface area contributed by atoms with Crippen LogP contribution in [0.1, 0.15) is 0 Å². The lowest BCUT2D eigenvalue weighted by molar-refractivity contribution is 0.343. The minimum atomic E-state index is 0.416. The van der Waals surface area contributed by atoms with Crippen LogP contribution < -0.4 is 4.74 Å². The normalized spacial score (nSPS) is 10.2. The van der Waals surface area contributed by atoms with Crippen LogP contribution in [0.15, 0.2) is 16.6 Å². The highest BCUT2D eigenvalue weighted by Gasteiger charge is 2.05. The Morgan fingerprint density at radius 2 is 1.92 bits per heavy atom. The molecule has 0 saturated heterocycles. The maximum absolute atomic E-state index is 5.88. The first-order valence-corrected chi connectivity index (χ1v) is 5.57. The van der Waals surface area contributed by atoms with Crippen LogP contribution >= 0.6 is 50.7 Å². The van der Waals surface area contributed by atoms with Gasteiger partial charge in [0.2, 0.25) is 0 Å². The molecule has 0 spiro atoms. The van der Waals surface area contributed by atoms with Crippen molar-refractivity contribution < 1.29 is 4.74 Å². The smallest absolute Gasteiger partial charge is 0.139 e. The van der Waals surface area contributed by atoms with E-state index in [4.69, 9.17) is 39.5 Å². The number of ether oxygens (including phenoxy) is 1. The zero-order valence-corrected chi connectivity index (χ0v) is 10.3. The van der Waals surface area contributed by atoms with Crippen molar-refractivity contribution in [2.45, 2.75) is 0 Å². The van der Waals surface area contributed by atoms with Gasteiger partial charge in [0.05, 0.1) is 15.9 Å². The SMILES string of the molecule is ClCCOc1cc(Cl)c(Br)cc1Cl. The van der Waals surface area contributed by atoms with E-state index in [1.54, 1.807) is 12.1 Å². The van der Waals surface area contributed by atoms with Crippen molar-refractivity contribution in [3.63, 3.8) is 0 Å². The Morgan fingerprint density at radius 1 is 1.23 bits per heavy atom. The van der Waals surface area contributed by atoms with Crippen molar-refractivity contribution in [3.05, 3.63) is 26.7 Å². The fraction of sp³-hybridized carbons (Fsp3) is 0.250. The predicted molar refractivity (Wildman–Crippen MR) is 60.4 cm³/mol. The molecule has 1 aromatic rings. The highest BCUT2D eigenvalue weighted by molar-refractivity contribution is 9.10. The maximum atomic E-state index is 5.88. The average Bonchev–Trinajstić information content (AvgIpc) is 2.09. The standard InChI is InChI=1S/C8H6BrCl3O/c9-5-3-7(12)8(4-6(5)11)13-2-1-10/h3-4H,1-2H2. The molecule has 0 fully saturated rings. The Bertz CT molecular complexity index is 304. The lowest BCUT2D eigenvalue weighted by atomic mass is 10.3. The van der Waals surface area contributed by atoms with Gasteiger partial charge in [-0.3, -0.25) is 0 Å². The fourth-order valence-electron chi connectivity index (χ4n) is 0.763. The summed E-state index contributed by atoms with van der Waals surface area (Å²) in [5, 5.41) is 1.08. The number of rotatable bonds is 3. The lowest BCUT2D eigenvalue weighted by Crippen LogP contribution is -1.98. The molecule has 0 aromatic heterocycles. The van der Waals surface area contributed by atoms with Crippen molar-refractivity contribution in [3.8, 4) is 5.75 Å². The van der Waals surface area contributed by atoms with Crippen LogP contribution in [0.3, 0.4) is 0 Å². The summed E-state index contributed by atoms with van der Waals surface area (Å²) in [7, 11) is 0. The third-order valence-corrected chi connectivity index (χ3v) is 2.96. The highest BCUT2D eigenvalue weighted by atomic mass is 79.9. The zero-order valence-electron chi connectivity index (χ0n) is 6.49. The monoisotopic (exact) mass is 302 g/mol. The van der Waals surface area contributed by atoms with E-state index in [1.807, 2.05) is 0 Å². The van der Waals surface area contributed by atoms with Crippen LogP contribution in [0.4, 0.5) is 0 Å². The van der Waals surface area contributed by atoms with Gasteiger partial charge in [0, 0.05) is 10.5 Å². The van der Waals surface area contributed by atoms with Crippen molar-refractivity contribution in [2.24, 2.45) is 0 Å². The van der Waals surface area contributed by atoms with Crippen molar-refractivity contribution in [1.29, 1.82) is 0 Å². The summed E-state index contributed by atoms with van der Waals surface area (Å²) in [6.07, 6.45) is 0. The Kier molecular flexibility index (Phi) is 4.67. The van der Waals surface area contributed by atoms with Crippen molar-refractivity contribution in [1.82, 2.24) is 0 Å². The molecular weight excluding hydrogens is 298 g/mol. The molecule has 1 nitrogen and oxygen atoms in total. The van der Waals surface area contributed by atoms with Gasteiger partial charge in [0.1, 0.15) is 12.4 Å². The summed E-state index contributed by atoms with van der Waals surface area (Å²) in [5.41, 5.74) is 0. The van der Waals surface area contributed by atoms with E-state index in [1.165, 1.54) is 0 Å². The molecule has 0 bridgehead atoms. The first kappa shape index (κ1) is 11.4. The summed E-state index contributed by atoms with van der Waals surface area (Å²) in [6, 6.07) is 3.34. The van der Waals surface area contributed by atoms with Gasteiger partial charge < -0.3 is 4.74 Å². The van der Waals surface area contributed by atoms with Gasteiger partial charge in [-0.1, -0.05) is 23.2 Å². The number of benzene rings is 1. The van der Waals surface area contributed by atoms with Crippen LogP contribution in [0.2, 0.25) is 10.0 Å². The quantitative estimate of drug-likeness (QED) is 0.595. The second-order valence-corrected chi connectivity index (χ2v) is 4.28. The Balaban J connectivity index is 2.88. The minimum absolute atomic E-state index is 0.416. The lowest BCUT2D eigenvalue weighted by Gasteiger charge is -2.07. The molecular formula is C8H6BrCl3O. The van der Waals surface area contributed by atoms with Gasteiger partial charge in [-0.05, 0) is 22.0 Å². The van der Waals surface area contributed by atoms with E-state index < -0.39 is 0 Å². The topological polar surface area (TPSA) is 9.23 Å². The highest BCUT2D eigenvalue weighted by Crippen LogP contribution is 2.33. The van der Waals surface area contributed by atoms with E-state index in [0.717, 1.165) is 4.47 Å². The summed E-state index contributed by atoms with van der Waals surface area (Å²) in [6.45, 7) is 0.416. The largest absolute Gasteiger partial charge is 0.491 e. The molecule has 1 aromatic carbocycles. The Morgan fingerprint density at radius 3 is 2.54 bits per heavy atom. The number of alkyl halides is 1. The van der Waals surface area contributed by atoms with Crippen LogP contribution in [-0.4, -0.2) is 12.5 Å². The molecule has 0 amide bonds. The molecule has 0 unspecified atom stereocenters. The van der Waals surface area contributed by atoms with Gasteiger partial charge >= 0.3 is 0 Å². The van der Waals surface area contributed by atoms with Crippen molar-refractivity contribution >= 4 is 50.7 Å². The molecule has 5 heteroatoms. The zero-order chi connectivity index (χ0) is 9.84. The first-order valence-electron chi connectivity index (χ1n) is 3.48. The number of hydrogen-bond donors (Lipinski definition) is 0. The van der Waals surface area contributed by atoms with Crippen LogP contribution in [0.25, 0.3) is 0 Å². The van der Waals surface area contributed by atoms with Gasteiger partial charge in [0.25, 0.3) is 0 Å². The van der Waals surface area contributed by atoms with E-state index in [9.17, 15) is 0 Å². The maximum Gasteiger partial charge on any atom is 0.139 e. The van der Waals surface area contributed by atoms with Crippen molar-refractivity contribution in [2.75, 3.05) is 12.5 Å². The van der Waals surface area contributed by atoms with E-state index in [2.05, 4.69) is 15.9 Å². The van der Waals surface area contributed by atoms with Crippen LogP contribution in [-0.2, 0) is 0 Å². The van der Waals surface area contributed by atoms with Gasteiger partial charge in [-0.2, -0.15) is 0 Å². The summed E-state index contributed by atoms with van der Waals surface area (Å²) >= 11 is 20.4. The van der Waals surface area contributed by atoms with Gasteiger partial charge in [0.15, 0.2) is 0 Å². The molecule has 0 aliphatic rings. The predicted octanol–water partition coefficient (Wildman–Crippen LogP) is 4.37. The molecule has 13 heavy (non-hydrogen) atoms. The molecule has 0 N–H and O–H groups in total. The van der Waals surface area contributed by atoms with E-state index in [0.29, 0.717) is 28.3 Å². The molecule has 0 radical (unpaired) electrons. The molecule has 1 rings (SSSR count). The van der Waals surface area contributed by atoms with Crippen LogP contribution in [0, 0.1) is 0 Å². The molecule has 0 atom stereocenters. The summed E-state index contributed by atoms with van der Waals surface area (Å²) in [4.78, 5) is 0. The molecule has 0 heterocycles. The third-order valence-electron chi connectivity index (χ3n) is 1.31.